The summed E-state index contributed by atoms with van der Waals surface area (Å²) in [5.74, 6) is 0.439. The number of aromatic nitrogens is 2. The summed E-state index contributed by atoms with van der Waals surface area (Å²) >= 11 is 0. The Labute approximate surface area is 123 Å². The summed E-state index contributed by atoms with van der Waals surface area (Å²) in [5, 5.41) is 0.954. The Morgan fingerprint density at radius 2 is 2.00 bits per heavy atom. The van der Waals surface area contributed by atoms with Crippen LogP contribution in [-0.2, 0) is 16.9 Å². The highest BCUT2D eigenvalue weighted by Gasteiger charge is 2.12. The quantitative estimate of drug-likeness (QED) is 0.787. The van der Waals surface area contributed by atoms with Gasteiger partial charge in [0.15, 0.2) is 9.84 Å². The highest BCUT2D eigenvalue weighted by Crippen LogP contribution is 2.31. The molecule has 0 saturated carbocycles. The number of benzene rings is 1. The molecule has 0 amide bonds. The molecule has 2 aromatic heterocycles. The van der Waals surface area contributed by atoms with E-state index in [1.54, 1.807) is 30.5 Å². The molecule has 0 saturated heterocycles. The van der Waals surface area contributed by atoms with E-state index in [-0.39, 0.29) is 0 Å². The van der Waals surface area contributed by atoms with Gasteiger partial charge in [-0.05, 0) is 23.8 Å². The number of hydrogen-bond acceptors (Lipinski definition) is 4. The molecular weight excluding hydrogens is 286 g/mol. The van der Waals surface area contributed by atoms with Crippen LogP contribution in [0.15, 0.2) is 47.6 Å². The van der Waals surface area contributed by atoms with Gasteiger partial charge in [-0.25, -0.2) is 13.4 Å². The second-order valence-corrected chi connectivity index (χ2v) is 7.10. The van der Waals surface area contributed by atoms with Gasteiger partial charge in [0.1, 0.15) is 5.82 Å². The SMILES string of the molecule is Cn1cc(-c2cccc(S(C)(=O)=O)c2)c2cc(N)ncc21. The fourth-order valence-corrected chi connectivity index (χ4v) is 3.08. The van der Waals surface area contributed by atoms with Crippen LogP contribution in [0.4, 0.5) is 5.82 Å². The Kier molecular flexibility index (Phi) is 2.98. The largest absolute Gasteiger partial charge is 0.384 e. The van der Waals surface area contributed by atoms with E-state index < -0.39 is 9.84 Å². The van der Waals surface area contributed by atoms with Crippen LogP contribution in [0.2, 0.25) is 0 Å². The van der Waals surface area contributed by atoms with Gasteiger partial charge in [-0.1, -0.05) is 12.1 Å². The third-order valence-corrected chi connectivity index (χ3v) is 4.58. The van der Waals surface area contributed by atoms with Gasteiger partial charge >= 0.3 is 0 Å². The molecule has 3 rings (SSSR count). The molecule has 108 valence electrons. The first-order valence-electron chi connectivity index (χ1n) is 6.37. The first-order valence-corrected chi connectivity index (χ1v) is 8.26. The maximum absolute atomic E-state index is 11.7. The van der Waals surface area contributed by atoms with Gasteiger partial charge in [0.25, 0.3) is 0 Å². The first-order chi connectivity index (χ1) is 9.86. The zero-order valence-electron chi connectivity index (χ0n) is 11.7. The number of pyridine rings is 1. The lowest BCUT2D eigenvalue weighted by Gasteiger charge is -2.03. The molecule has 0 aliphatic heterocycles. The lowest BCUT2D eigenvalue weighted by Crippen LogP contribution is -1.96. The molecule has 6 heteroatoms. The van der Waals surface area contributed by atoms with Crippen molar-refractivity contribution >= 4 is 26.6 Å². The molecule has 0 aliphatic carbocycles. The molecule has 0 unspecified atom stereocenters. The van der Waals surface area contributed by atoms with Gasteiger partial charge < -0.3 is 10.3 Å². The van der Waals surface area contributed by atoms with Crippen LogP contribution in [0.3, 0.4) is 0 Å². The van der Waals surface area contributed by atoms with Crippen LogP contribution < -0.4 is 5.73 Å². The number of anilines is 1. The summed E-state index contributed by atoms with van der Waals surface area (Å²) in [6.07, 6.45) is 4.87. The second kappa shape index (κ2) is 4.60. The van der Waals surface area contributed by atoms with E-state index in [9.17, 15) is 8.42 Å². The van der Waals surface area contributed by atoms with E-state index in [2.05, 4.69) is 4.98 Å². The monoisotopic (exact) mass is 301 g/mol. The Hall–Kier alpha value is -2.34. The van der Waals surface area contributed by atoms with E-state index in [1.165, 1.54) is 6.26 Å². The number of fused-ring (bicyclic) bond motifs is 1. The average molecular weight is 301 g/mol. The van der Waals surface area contributed by atoms with Crippen molar-refractivity contribution in [3.8, 4) is 11.1 Å². The van der Waals surface area contributed by atoms with Gasteiger partial charge in [-0.3, -0.25) is 0 Å². The van der Waals surface area contributed by atoms with Crippen molar-refractivity contribution in [2.75, 3.05) is 12.0 Å². The minimum atomic E-state index is -3.23. The maximum Gasteiger partial charge on any atom is 0.175 e. The van der Waals surface area contributed by atoms with Crippen LogP contribution >= 0.6 is 0 Å². The fourth-order valence-electron chi connectivity index (χ4n) is 2.42. The third kappa shape index (κ3) is 2.38. The summed E-state index contributed by atoms with van der Waals surface area (Å²) in [6.45, 7) is 0. The van der Waals surface area contributed by atoms with Gasteiger partial charge in [-0.15, -0.1) is 0 Å². The molecule has 2 N–H and O–H groups in total. The smallest absolute Gasteiger partial charge is 0.175 e. The number of nitrogen functional groups attached to an aromatic ring is 1. The van der Waals surface area contributed by atoms with Crippen molar-refractivity contribution in [1.82, 2.24) is 9.55 Å². The lowest BCUT2D eigenvalue weighted by atomic mass is 10.1. The number of aryl methyl sites for hydroxylation is 1. The summed E-state index contributed by atoms with van der Waals surface area (Å²) in [5.41, 5.74) is 8.49. The van der Waals surface area contributed by atoms with Gasteiger partial charge in [-0.2, -0.15) is 0 Å². The third-order valence-electron chi connectivity index (χ3n) is 3.47. The van der Waals surface area contributed by atoms with Crippen molar-refractivity contribution in [2.24, 2.45) is 7.05 Å². The fraction of sp³-hybridized carbons (Fsp3) is 0.133. The number of rotatable bonds is 2. The maximum atomic E-state index is 11.7. The molecule has 0 atom stereocenters. The van der Waals surface area contributed by atoms with Crippen molar-refractivity contribution in [1.29, 1.82) is 0 Å². The zero-order chi connectivity index (χ0) is 15.2. The van der Waals surface area contributed by atoms with Crippen LogP contribution in [0.25, 0.3) is 22.0 Å². The van der Waals surface area contributed by atoms with Crippen molar-refractivity contribution < 1.29 is 8.42 Å². The second-order valence-electron chi connectivity index (χ2n) is 5.08. The number of nitrogens with two attached hydrogens (primary N) is 1. The lowest BCUT2D eigenvalue weighted by molar-refractivity contribution is 0.602. The molecule has 0 radical (unpaired) electrons. The van der Waals surface area contributed by atoms with Gasteiger partial charge in [0.05, 0.1) is 16.6 Å². The normalized spacial score (nSPS) is 11.9. The number of sulfone groups is 1. The highest BCUT2D eigenvalue weighted by molar-refractivity contribution is 7.90. The topological polar surface area (TPSA) is 78.0 Å². The van der Waals surface area contributed by atoms with E-state index >= 15 is 0 Å². The van der Waals surface area contributed by atoms with Crippen LogP contribution in [-0.4, -0.2) is 24.2 Å². The summed E-state index contributed by atoms with van der Waals surface area (Å²) in [4.78, 5) is 4.40. The molecule has 0 fully saturated rings. The average Bonchev–Trinajstić information content (AvgIpc) is 2.75. The molecular formula is C15H15N3O2S. The predicted molar refractivity (Wildman–Crippen MR) is 83.7 cm³/mol. The molecule has 0 bridgehead atoms. The highest BCUT2D eigenvalue weighted by atomic mass is 32.2. The Bertz CT molecular complexity index is 943. The van der Waals surface area contributed by atoms with Crippen LogP contribution in [0, 0.1) is 0 Å². The molecule has 1 aromatic carbocycles. The Morgan fingerprint density at radius 1 is 1.24 bits per heavy atom. The van der Waals surface area contributed by atoms with E-state index in [4.69, 9.17) is 5.73 Å². The number of hydrogen-bond donors (Lipinski definition) is 1. The molecule has 2 heterocycles. The van der Waals surface area contributed by atoms with E-state index in [0.29, 0.717) is 10.7 Å². The van der Waals surface area contributed by atoms with Crippen molar-refractivity contribution in [2.45, 2.75) is 4.90 Å². The molecule has 0 spiro atoms. The molecule has 3 aromatic rings. The summed E-state index contributed by atoms with van der Waals surface area (Å²) in [7, 11) is -1.31. The zero-order valence-corrected chi connectivity index (χ0v) is 12.6. The molecule has 0 aliphatic rings. The summed E-state index contributed by atoms with van der Waals surface area (Å²) < 4.78 is 25.4. The Morgan fingerprint density at radius 3 is 2.71 bits per heavy atom. The minimum absolute atomic E-state index is 0.305. The molecule has 21 heavy (non-hydrogen) atoms. The number of nitrogens with zero attached hydrogens (tertiary/aromatic N) is 2. The van der Waals surface area contributed by atoms with Gasteiger partial charge in [0.2, 0.25) is 0 Å². The minimum Gasteiger partial charge on any atom is -0.384 e. The first kappa shape index (κ1) is 13.6. The summed E-state index contributed by atoms with van der Waals surface area (Å²) in [6, 6.07) is 8.72. The van der Waals surface area contributed by atoms with Crippen molar-refractivity contribution in [3.63, 3.8) is 0 Å². The van der Waals surface area contributed by atoms with E-state index in [1.807, 2.05) is 23.9 Å². The van der Waals surface area contributed by atoms with Crippen LogP contribution in [0.5, 0.6) is 0 Å². The molecule has 5 nitrogen and oxygen atoms in total. The van der Waals surface area contributed by atoms with Crippen LogP contribution in [0.1, 0.15) is 0 Å². The van der Waals surface area contributed by atoms with E-state index in [0.717, 1.165) is 22.0 Å². The van der Waals surface area contributed by atoms with Gasteiger partial charge in [0, 0.05) is 30.4 Å². The predicted octanol–water partition coefficient (Wildman–Crippen LogP) is 2.23. The standard InChI is InChI=1S/C15H15N3O2S/c1-18-9-13(12-7-15(16)17-8-14(12)18)10-4-3-5-11(6-10)21(2,19)20/h3-9H,1-2H3,(H2,16,17). The Balaban J connectivity index is 2.28. The van der Waals surface area contributed by atoms with Crippen molar-refractivity contribution in [3.05, 3.63) is 42.7 Å².